The third-order valence-electron chi connectivity index (χ3n) is 6.56. The number of fused-ring (bicyclic) bond motifs is 1. The zero-order chi connectivity index (χ0) is 26.2. The van der Waals surface area contributed by atoms with Crippen molar-refractivity contribution in [1.29, 1.82) is 0 Å². The van der Waals surface area contributed by atoms with Crippen LogP contribution in [0.25, 0.3) is 16.7 Å². The maximum Gasteiger partial charge on any atom is 0.295 e. The number of aliphatic hydroxyl groups excluding tert-OH is 1. The van der Waals surface area contributed by atoms with Crippen molar-refractivity contribution >= 4 is 28.4 Å². The first-order valence-corrected chi connectivity index (χ1v) is 12.2. The van der Waals surface area contributed by atoms with E-state index in [1.165, 1.54) is 12.0 Å². The first-order chi connectivity index (χ1) is 17.0. The van der Waals surface area contributed by atoms with Gasteiger partial charge in [-0.05, 0) is 43.0 Å². The third-order valence-corrected chi connectivity index (χ3v) is 6.56. The molecule has 0 spiro atoms. The Morgan fingerprint density at radius 2 is 1.86 bits per heavy atom. The highest BCUT2D eigenvalue weighted by Crippen LogP contribution is 2.43. The van der Waals surface area contributed by atoms with Crippen LogP contribution in [0.3, 0.4) is 0 Å². The molecule has 190 valence electrons. The molecule has 2 heterocycles. The van der Waals surface area contributed by atoms with Crippen LogP contribution in [0.5, 0.6) is 5.75 Å². The highest BCUT2D eigenvalue weighted by molar-refractivity contribution is 6.46. The van der Waals surface area contributed by atoms with Crippen LogP contribution in [0.15, 0.2) is 54.2 Å². The number of methoxy groups -OCH3 is 1. The van der Waals surface area contributed by atoms with E-state index in [-0.39, 0.29) is 36.0 Å². The lowest BCUT2D eigenvalue weighted by atomic mass is 9.85. The number of nitrogens with one attached hydrogen (secondary N) is 1. The summed E-state index contributed by atoms with van der Waals surface area (Å²) < 4.78 is 11.2. The van der Waals surface area contributed by atoms with E-state index in [4.69, 9.17) is 9.47 Å². The van der Waals surface area contributed by atoms with Crippen LogP contribution in [-0.2, 0) is 19.7 Å². The summed E-state index contributed by atoms with van der Waals surface area (Å²) in [7, 11) is 1.52. The lowest BCUT2D eigenvalue weighted by Crippen LogP contribution is -2.33. The van der Waals surface area contributed by atoms with Gasteiger partial charge < -0.3 is 24.5 Å². The van der Waals surface area contributed by atoms with Gasteiger partial charge >= 0.3 is 0 Å². The summed E-state index contributed by atoms with van der Waals surface area (Å²) in [6.45, 7) is 10.5. The molecule has 1 amide bonds. The number of rotatable bonds is 7. The molecule has 2 N–H and O–H groups in total. The van der Waals surface area contributed by atoms with Gasteiger partial charge in [-0.2, -0.15) is 0 Å². The molecule has 36 heavy (non-hydrogen) atoms. The third kappa shape index (κ3) is 4.63. The zero-order valence-corrected chi connectivity index (χ0v) is 21.7. The summed E-state index contributed by atoms with van der Waals surface area (Å²) in [6.07, 6.45) is 1.78. The number of carbonyl (C=O) groups is 2. The smallest absolute Gasteiger partial charge is 0.295 e. The summed E-state index contributed by atoms with van der Waals surface area (Å²) >= 11 is 0. The molecule has 1 aliphatic heterocycles. The summed E-state index contributed by atoms with van der Waals surface area (Å²) in [5, 5.41) is 12.5. The highest BCUT2D eigenvalue weighted by atomic mass is 16.5. The van der Waals surface area contributed by atoms with Gasteiger partial charge in [0, 0.05) is 29.2 Å². The number of carbonyl (C=O) groups excluding carboxylic acids is 2. The van der Waals surface area contributed by atoms with E-state index in [1.54, 1.807) is 12.3 Å². The Morgan fingerprint density at radius 1 is 1.14 bits per heavy atom. The molecule has 4 rings (SSSR count). The minimum atomic E-state index is -0.778. The number of amides is 1. The molecule has 1 fully saturated rings. The van der Waals surface area contributed by atoms with Crippen LogP contribution in [0.4, 0.5) is 0 Å². The molecule has 2 aromatic carbocycles. The number of ether oxygens (including phenoxy) is 2. The molecular formula is C29H34N2O5. The molecule has 3 aromatic rings. The summed E-state index contributed by atoms with van der Waals surface area (Å²) in [5.41, 5.74) is 2.81. The monoisotopic (exact) mass is 490 g/mol. The summed E-state index contributed by atoms with van der Waals surface area (Å²) in [6, 6.07) is 12.5. The average molecular weight is 491 g/mol. The van der Waals surface area contributed by atoms with Gasteiger partial charge in [0.05, 0.1) is 37.0 Å². The van der Waals surface area contributed by atoms with Crippen LogP contribution < -0.4 is 4.74 Å². The molecular weight excluding hydrogens is 456 g/mol. The standard InChI is InChI=1S/C29H34N2O5/c1-17(2)36-14-13-31-25(21-16-30-22-10-8-7-9-19(21)22)24(27(33)28(31)34)26(32)20-15-18(29(3,4)5)11-12-23(20)35-6/h7-12,15-17,25,30,32H,13-14H2,1-6H3/b26-24+. The lowest BCUT2D eigenvalue weighted by molar-refractivity contribution is -0.140. The number of hydrogen-bond acceptors (Lipinski definition) is 5. The van der Waals surface area contributed by atoms with Crippen molar-refractivity contribution in [2.24, 2.45) is 0 Å². The number of nitrogens with zero attached hydrogens (tertiary/aromatic N) is 1. The number of hydrogen-bond donors (Lipinski definition) is 2. The van der Waals surface area contributed by atoms with Crippen LogP contribution in [0.2, 0.25) is 0 Å². The van der Waals surface area contributed by atoms with Crippen molar-refractivity contribution in [1.82, 2.24) is 9.88 Å². The fraction of sp³-hybridized carbons (Fsp3) is 0.379. The van der Waals surface area contributed by atoms with Crippen molar-refractivity contribution in [3.05, 3.63) is 70.9 Å². The van der Waals surface area contributed by atoms with Gasteiger partial charge in [0.2, 0.25) is 0 Å². The SMILES string of the molecule is COc1ccc(C(C)(C)C)cc1/C(O)=C1\C(=O)C(=O)N(CCOC(C)C)C1c1c[nH]c2ccccc12. The number of likely N-dealkylation sites (tertiary alicyclic amines) is 1. The molecule has 1 saturated heterocycles. The predicted octanol–water partition coefficient (Wildman–Crippen LogP) is 5.32. The Morgan fingerprint density at radius 3 is 2.53 bits per heavy atom. The fourth-order valence-corrected chi connectivity index (χ4v) is 4.65. The second kappa shape index (κ2) is 9.82. The molecule has 0 radical (unpaired) electrons. The van der Waals surface area contributed by atoms with Gasteiger partial charge in [-0.1, -0.05) is 45.0 Å². The maximum absolute atomic E-state index is 13.4. The Hall–Kier alpha value is -3.58. The Labute approximate surface area is 211 Å². The quantitative estimate of drug-likeness (QED) is 0.266. The Kier molecular flexibility index (Phi) is 6.96. The lowest BCUT2D eigenvalue weighted by Gasteiger charge is -2.25. The molecule has 7 heteroatoms. The molecule has 0 aliphatic carbocycles. The highest BCUT2D eigenvalue weighted by Gasteiger charge is 2.47. The molecule has 0 saturated carbocycles. The van der Waals surface area contributed by atoms with E-state index in [0.717, 1.165) is 22.0 Å². The van der Waals surface area contributed by atoms with Crippen molar-refractivity contribution in [3.8, 4) is 5.75 Å². The number of benzene rings is 2. The van der Waals surface area contributed by atoms with Gasteiger partial charge in [0.1, 0.15) is 11.5 Å². The predicted molar refractivity (Wildman–Crippen MR) is 140 cm³/mol. The topological polar surface area (TPSA) is 91.9 Å². The minimum Gasteiger partial charge on any atom is -0.507 e. The number of ketones is 1. The molecule has 1 aromatic heterocycles. The maximum atomic E-state index is 13.4. The molecule has 1 aliphatic rings. The van der Waals surface area contributed by atoms with Crippen molar-refractivity contribution < 1.29 is 24.2 Å². The van der Waals surface area contributed by atoms with Gasteiger partial charge in [0.15, 0.2) is 0 Å². The summed E-state index contributed by atoms with van der Waals surface area (Å²) in [5.74, 6) is -1.22. The number of Topliss-reactive ketones (excluding diaryl/α,β-unsaturated/α-hetero) is 1. The van der Waals surface area contributed by atoms with Gasteiger partial charge in [0.25, 0.3) is 11.7 Å². The summed E-state index contributed by atoms with van der Waals surface area (Å²) in [4.78, 5) is 31.5. The van der Waals surface area contributed by atoms with Gasteiger partial charge in [-0.15, -0.1) is 0 Å². The van der Waals surface area contributed by atoms with Gasteiger partial charge in [-0.3, -0.25) is 9.59 Å². The number of aliphatic hydroxyl groups is 1. The molecule has 1 atom stereocenters. The zero-order valence-electron chi connectivity index (χ0n) is 21.7. The van der Waals surface area contributed by atoms with E-state index in [0.29, 0.717) is 11.3 Å². The van der Waals surface area contributed by atoms with E-state index in [2.05, 4.69) is 25.8 Å². The first-order valence-electron chi connectivity index (χ1n) is 12.2. The van der Waals surface area contributed by atoms with E-state index in [9.17, 15) is 14.7 Å². The normalized spacial score (nSPS) is 18.0. The first kappa shape index (κ1) is 25.5. The van der Waals surface area contributed by atoms with E-state index in [1.807, 2.05) is 50.2 Å². The fourth-order valence-electron chi connectivity index (χ4n) is 4.65. The number of aromatic amines is 1. The van der Waals surface area contributed by atoms with Crippen molar-refractivity contribution in [3.63, 3.8) is 0 Å². The Balaban J connectivity index is 1.93. The molecule has 0 bridgehead atoms. The van der Waals surface area contributed by atoms with Gasteiger partial charge in [-0.25, -0.2) is 0 Å². The van der Waals surface area contributed by atoms with Crippen LogP contribution >= 0.6 is 0 Å². The van der Waals surface area contributed by atoms with E-state index >= 15 is 0 Å². The number of H-pyrrole nitrogens is 1. The average Bonchev–Trinajstić information content (AvgIpc) is 3.36. The van der Waals surface area contributed by atoms with E-state index < -0.39 is 17.7 Å². The number of para-hydroxylation sites is 1. The second-order valence-corrected chi connectivity index (χ2v) is 10.4. The molecule has 1 unspecified atom stereocenters. The second-order valence-electron chi connectivity index (χ2n) is 10.4. The van der Waals surface area contributed by atoms with Crippen molar-refractivity contribution in [2.75, 3.05) is 20.3 Å². The largest absolute Gasteiger partial charge is 0.507 e. The minimum absolute atomic E-state index is 0.0160. The molecule has 7 nitrogen and oxygen atoms in total. The van der Waals surface area contributed by atoms with Crippen molar-refractivity contribution in [2.45, 2.75) is 52.2 Å². The van der Waals surface area contributed by atoms with Crippen LogP contribution in [-0.4, -0.2) is 53.0 Å². The van der Waals surface area contributed by atoms with Crippen LogP contribution in [0, 0.1) is 0 Å². The Bertz CT molecular complexity index is 1330. The van der Waals surface area contributed by atoms with Crippen LogP contribution in [0.1, 0.15) is 57.4 Å². The number of aromatic nitrogens is 1.